The number of nitrogens with one attached hydrogen (secondary N) is 1. The Labute approximate surface area is 78.6 Å². The van der Waals surface area contributed by atoms with Gasteiger partial charge in [-0.05, 0) is 37.0 Å². The molecule has 2 rings (SSSR count). The van der Waals surface area contributed by atoms with Crippen LogP contribution >= 0.6 is 0 Å². The van der Waals surface area contributed by atoms with Gasteiger partial charge in [-0.15, -0.1) is 0 Å². The summed E-state index contributed by atoms with van der Waals surface area (Å²) in [5.41, 5.74) is 2.10. The molecule has 0 radical (unpaired) electrons. The lowest BCUT2D eigenvalue weighted by molar-refractivity contribution is 0.470. The van der Waals surface area contributed by atoms with Crippen LogP contribution in [0.3, 0.4) is 0 Å². The lowest BCUT2D eigenvalue weighted by Gasteiger charge is -2.04. The molecule has 1 aromatic carbocycles. The first-order valence-electron chi connectivity index (χ1n) is 4.77. The van der Waals surface area contributed by atoms with Crippen LogP contribution in [0.15, 0.2) is 18.2 Å². The zero-order chi connectivity index (χ0) is 9.26. The van der Waals surface area contributed by atoms with Crippen molar-refractivity contribution in [3.63, 3.8) is 0 Å². The first-order chi connectivity index (χ1) is 6.25. The van der Waals surface area contributed by atoms with E-state index in [1.165, 1.54) is 12.8 Å². The van der Waals surface area contributed by atoms with Crippen LogP contribution in [0.5, 0.6) is 5.75 Å². The fourth-order valence-electron chi connectivity index (χ4n) is 1.31. The third-order valence-corrected chi connectivity index (χ3v) is 2.45. The van der Waals surface area contributed by atoms with E-state index in [2.05, 4.69) is 11.4 Å². The maximum Gasteiger partial charge on any atom is 0.118 e. The van der Waals surface area contributed by atoms with Crippen LogP contribution in [0.1, 0.15) is 24.0 Å². The minimum atomic E-state index is 0.398. The molecule has 1 aliphatic rings. The van der Waals surface area contributed by atoms with Crippen molar-refractivity contribution in [2.75, 3.05) is 0 Å². The minimum absolute atomic E-state index is 0.398. The first-order valence-corrected chi connectivity index (χ1v) is 4.77. The number of benzene rings is 1. The second-order valence-corrected chi connectivity index (χ2v) is 3.78. The fraction of sp³-hybridized carbons (Fsp3) is 0.455. The van der Waals surface area contributed by atoms with Crippen molar-refractivity contribution < 1.29 is 5.11 Å². The second kappa shape index (κ2) is 3.38. The zero-order valence-corrected chi connectivity index (χ0v) is 7.88. The van der Waals surface area contributed by atoms with Gasteiger partial charge in [-0.2, -0.15) is 0 Å². The average molecular weight is 177 g/mol. The smallest absolute Gasteiger partial charge is 0.118 e. The topological polar surface area (TPSA) is 32.3 Å². The summed E-state index contributed by atoms with van der Waals surface area (Å²) in [4.78, 5) is 0. The number of aryl methyl sites for hydroxylation is 1. The highest BCUT2D eigenvalue weighted by molar-refractivity contribution is 5.35. The quantitative estimate of drug-likeness (QED) is 0.739. The van der Waals surface area contributed by atoms with Crippen molar-refractivity contribution in [3.05, 3.63) is 29.3 Å². The molecule has 0 heterocycles. The fourth-order valence-corrected chi connectivity index (χ4v) is 1.31. The number of hydrogen-bond donors (Lipinski definition) is 2. The standard InChI is InChI=1S/C11H15NO/c1-8-2-3-9(6-11(8)13)7-12-10-4-5-10/h2-3,6,10,12-13H,4-5,7H2,1H3. The summed E-state index contributed by atoms with van der Waals surface area (Å²) in [5, 5.41) is 12.9. The van der Waals surface area contributed by atoms with E-state index in [-0.39, 0.29) is 0 Å². The lowest BCUT2D eigenvalue weighted by Crippen LogP contribution is -2.15. The van der Waals surface area contributed by atoms with E-state index in [1.54, 1.807) is 0 Å². The van der Waals surface area contributed by atoms with Crippen molar-refractivity contribution in [1.29, 1.82) is 0 Å². The molecule has 2 heteroatoms. The summed E-state index contributed by atoms with van der Waals surface area (Å²) < 4.78 is 0. The summed E-state index contributed by atoms with van der Waals surface area (Å²) in [6.07, 6.45) is 2.61. The maximum atomic E-state index is 9.45. The lowest BCUT2D eigenvalue weighted by atomic mass is 10.1. The molecular weight excluding hydrogens is 162 g/mol. The molecule has 0 amide bonds. The van der Waals surface area contributed by atoms with E-state index in [1.807, 2.05) is 19.1 Å². The van der Waals surface area contributed by atoms with Gasteiger partial charge in [0.1, 0.15) is 5.75 Å². The van der Waals surface area contributed by atoms with Gasteiger partial charge >= 0.3 is 0 Å². The number of phenols is 1. The van der Waals surface area contributed by atoms with Crippen LogP contribution in [-0.2, 0) is 6.54 Å². The van der Waals surface area contributed by atoms with Gasteiger partial charge in [0.05, 0.1) is 0 Å². The monoisotopic (exact) mass is 177 g/mol. The molecule has 0 atom stereocenters. The molecular formula is C11H15NO. The summed E-state index contributed by atoms with van der Waals surface area (Å²) in [5.74, 6) is 0.398. The molecule has 0 aliphatic heterocycles. The van der Waals surface area contributed by atoms with Gasteiger partial charge in [0, 0.05) is 12.6 Å². The summed E-state index contributed by atoms with van der Waals surface area (Å²) in [6.45, 7) is 2.78. The number of aromatic hydroxyl groups is 1. The van der Waals surface area contributed by atoms with Gasteiger partial charge in [0.15, 0.2) is 0 Å². The Morgan fingerprint density at radius 1 is 1.46 bits per heavy atom. The summed E-state index contributed by atoms with van der Waals surface area (Å²) >= 11 is 0. The second-order valence-electron chi connectivity index (χ2n) is 3.78. The molecule has 0 bridgehead atoms. The number of phenolic OH excluding ortho intramolecular Hbond substituents is 1. The summed E-state index contributed by atoms with van der Waals surface area (Å²) in [6, 6.07) is 6.58. The molecule has 0 saturated heterocycles. The Balaban J connectivity index is 1.98. The van der Waals surface area contributed by atoms with Gasteiger partial charge in [0.25, 0.3) is 0 Å². The highest BCUT2D eigenvalue weighted by Crippen LogP contribution is 2.21. The Morgan fingerprint density at radius 3 is 2.85 bits per heavy atom. The molecule has 13 heavy (non-hydrogen) atoms. The van der Waals surface area contributed by atoms with Gasteiger partial charge < -0.3 is 10.4 Å². The van der Waals surface area contributed by atoms with Crippen molar-refractivity contribution in [2.45, 2.75) is 32.4 Å². The molecule has 2 nitrogen and oxygen atoms in total. The van der Waals surface area contributed by atoms with E-state index in [9.17, 15) is 5.11 Å². The highest BCUT2D eigenvalue weighted by atomic mass is 16.3. The van der Waals surface area contributed by atoms with Crippen molar-refractivity contribution in [3.8, 4) is 5.75 Å². The molecule has 0 aromatic heterocycles. The van der Waals surface area contributed by atoms with Crippen molar-refractivity contribution in [2.24, 2.45) is 0 Å². The predicted octanol–water partition coefficient (Wildman–Crippen LogP) is 1.95. The normalized spacial score (nSPS) is 16.1. The van der Waals surface area contributed by atoms with Crippen molar-refractivity contribution in [1.82, 2.24) is 5.32 Å². The minimum Gasteiger partial charge on any atom is -0.508 e. The molecule has 0 spiro atoms. The molecule has 1 aromatic rings. The third kappa shape index (κ3) is 2.22. The largest absolute Gasteiger partial charge is 0.508 e. The SMILES string of the molecule is Cc1ccc(CNC2CC2)cc1O. The Bertz CT molecular complexity index is 305. The Kier molecular flexibility index (Phi) is 2.23. The van der Waals surface area contributed by atoms with E-state index in [4.69, 9.17) is 0 Å². The number of rotatable bonds is 3. The average Bonchev–Trinajstić information content (AvgIpc) is 2.91. The predicted molar refractivity (Wildman–Crippen MR) is 52.7 cm³/mol. The third-order valence-electron chi connectivity index (χ3n) is 2.45. The molecule has 0 unspecified atom stereocenters. The van der Waals surface area contributed by atoms with Crippen LogP contribution in [0.4, 0.5) is 0 Å². The van der Waals surface area contributed by atoms with Crippen LogP contribution in [0.25, 0.3) is 0 Å². The Hall–Kier alpha value is -1.02. The van der Waals surface area contributed by atoms with Gasteiger partial charge in [-0.3, -0.25) is 0 Å². The molecule has 1 saturated carbocycles. The van der Waals surface area contributed by atoms with Crippen LogP contribution in [0, 0.1) is 6.92 Å². The molecule has 1 fully saturated rings. The van der Waals surface area contributed by atoms with Crippen LogP contribution < -0.4 is 5.32 Å². The van der Waals surface area contributed by atoms with E-state index < -0.39 is 0 Å². The van der Waals surface area contributed by atoms with Crippen LogP contribution in [-0.4, -0.2) is 11.1 Å². The van der Waals surface area contributed by atoms with Crippen molar-refractivity contribution >= 4 is 0 Å². The highest BCUT2D eigenvalue weighted by Gasteiger charge is 2.19. The van der Waals surface area contributed by atoms with E-state index >= 15 is 0 Å². The molecule has 1 aliphatic carbocycles. The Morgan fingerprint density at radius 2 is 2.23 bits per heavy atom. The zero-order valence-electron chi connectivity index (χ0n) is 7.88. The van der Waals surface area contributed by atoms with Crippen LogP contribution in [0.2, 0.25) is 0 Å². The maximum absolute atomic E-state index is 9.45. The first kappa shape index (κ1) is 8.57. The molecule has 70 valence electrons. The van der Waals surface area contributed by atoms with Gasteiger partial charge in [-0.25, -0.2) is 0 Å². The van der Waals surface area contributed by atoms with Gasteiger partial charge in [0.2, 0.25) is 0 Å². The van der Waals surface area contributed by atoms with E-state index in [0.29, 0.717) is 5.75 Å². The molecule has 2 N–H and O–H groups in total. The number of hydrogen-bond acceptors (Lipinski definition) is 2. The van der Waals surface area contributed by atoms with Gasteiger partial charge in [-0.1, -0.05) is 12.1 Å². The van der Waals surface area contributed by atoms with E-state index in [0.717, 1.165) is 23.7 Å². The summed E-state index contributed by atoms with van der Waals surface area (Å²) in [7, 11) is 0.